The van der Waals surface area contributed by atoms with Crippen molar-refractivity contribution in [3.05, 3.63) is 59.2 Å². The van der Waals surface area contributed by atoms with Crippen LogP contribution in [0.5, 0.6) is 0 Å². The van der Waals surface area contributed by atoms with E-state index in [0.29, 0.717) is 16.8 Å². The molecule has 5 nitrogen and oxygen atoms in total. The van der Waals surface area contributed by atoms with Crippen LogP contribution < -0.4 is 10.2 Å². The maximum absolute atomic E-state index is 13.4. The van der Waals surface area contributed by atoms with Crippen LogP contribution in [0, 0.1) is 0 Å². The second-order valence-corrected chi connectivity index (χ2v) is 9.03. The molecule has 4 rings (SSSR count). The maximum atomic E-state index is 13.4. The van der Waals surface area contributed by atoms with Gasteiger partial charge in [0, 0.05) is 43.1 Å². The minimum Gasteiger partial charge on any atom is -0.371 e. The second-order valence-electron chi connectivity index (χ2n) is 9.03. The number of hydrogen-bond acceptors (Lipinski definition) is 3. The molecule has 1 N–H and O–H groups in total. The van der Waals surface area contributed by atoms with Gasteiger partial charge in [0.2, 0.25) is 0 Å². The van der Waals surface area contributed by atoms with Gasteiger partial charge in [-0.2, -0.15) is 0 Å². The summed E-state index contributed by atoms with van der Waals surface area (Å²) in [6.45, 7) is 5.78. The predicted molar refractivity (Wildman–Crippen MR) is 131 cm³/mol. The number of unbranched alkanes of at least 4 members (excludes halogenated alkanes) is 1. The third-order valence-electron chi connectivity index (χ3n) is 6.61. The molecule has 2 aliphatic rings. The van der Waals surface area contributed by atoms with Gasteiger partial charge in [-0.25, -0.2) is 0 Å². The van der Waals surface area contributed by atoms with Crippen molar-refractivity contribution in [1.29, 1.82) is 0 Å². The molecule has 2 saturated heterocycles. The van der Waals surface area contributed by atoms with Crippen molar-refractivity contribution < 1.29 is 9.59 Å². The Hall–Kier alpha value is -2.82. The summed E-state index contributed by atoms with van der Waals surface area (Å²) in [4.78, 5) is 30.5. The van der Waals surface area contributed by atoms with Crippen LogP contribution in [0.2, 0.25) is 0 Å². The zero-order valence-corrected chi connectivity index (χ0v) is 19.2. The minimum atomic E-state index is -0.141. The van der Waals surface area contributed by atoms with Crippen LogP contribution >= 0.6 is 0 Å². The van der Waals surface area contributed by atoms with Crippen molar-refractivity contribution in [2.75, 3.05) is 36.4 Å². The molecule has 32 heavy (non-hydrogen) atoms. The third kappa shape index (κ3) is 5.32. The molecule has 2 aliphatic heterocycles. The number of amides is 2. The Morgan fingerprint density at radius 2 is 1.56 bits per heavy atom. The summed E-state index contributed by atoms with van der Waals surface area (Å²) in [7, 11) is 0. The van der Waals surface area contributed by atoms with E-state index in [2.05, 4.69) is 17.1 Å². The lowest BCUT2D eigenvalue weighted by Gasteiger charge is -2.29. The number of carbonyl (C=O) groups excluding carboxylic acids is 2. The number of benzene rings is 2. The van der Waals surface area contributed by atoms with Gasteiger partial charge in [0.05, 0.1) is 5.56 Å². The molecule has 2 aromatic carbocycles. The smallest absolute Gasteiger partial charge is 0.256 e. The van der Waals surface area contributed by atoms with Crippen LogP contribution in [0.4, 0.5) is 11.4 Å². The molecule has 2 amide bonds. The number of carbonyl (C=O) groups is 2. The lowest BCUT2D eigenvalue weighted by molar-refractivity contribution is 0.0724. The fraction of sp³-hybridized carbons (Fsp3) is 0.481. The number of nitrogens with one attached hydrogen (secondary N) is 1. The van der Waals surface area contributed by atoms with Crippen molar-refractivity contribution in [3.63, 3.8) is 0 Å². The lowest BCUT2D eigenvalue weighted by Crippen LogP contribution is -2.36. The first kappa shape index (κ1) is 22.4. The number of anilines is 2. The summed E-state index contributed by atoms with van der Waals surface area (Å²) in [5, 5.41) is 3.01. The SMILES string of the molecule is CCCCc1ccc(C(=O)Nc2ccc(N3CCCC3)c(C(=O)N3CCCCC3)c2)cc1. The Morgan fingerprint density at radius 3 is 2.25 bits per heavy atom. The van der Waals surface area contributed by atoms with E-state index in [1.165, 1.54) is 12.0 Å². The van der Waals surface area contributed by atoms with Crippen LogP contribution in [0.1, 0.15) is 78.1 Å². The first-order valence-corrected chi connectivity index (χ1v) is 12.2. The predicted octanol–water partition coefficient (Wildman–Crippen LogP) is 5.51. The number of aryl methyl sites for hydroxylation is 1. The Kier molecular flexibility index (Phi) is 7.46. The number of nitrogens with zero attached hydrogens (tertiary/aromatic N) is 2. The minimum absolute atomic E-state index is 0.0861. The molecule has 0 unspecified atom stereocenters. The molecule has 0 saturated carbocycles. The normalized spacial score (nSPS) is 16.3. The molecule has 0 aromatic heterocycles. The lowest BCUT2D eigenvalue weighted by atomic mass is 10.0. The van der Waals surface area contributed by atoms with Gasteiger partial charge in [-0.05, 0) is 80.8 Å². The van der Waals surface area contributed by atoms with Gasteiger partial charge in [-0.15, -0.1) is 0 Å². The number of rotatable bonds is 7. The van der Waals surface area contributed by atoms with Crippen LogP contribution in [0.3, 0.4) is 0 Å². The first-order valence-electron chi connectivity index (χ1n) is 12.2. The zero-order valence-electron chi connectivity index (χ0n) is 19.2. The van der Waals surface area contributed by atoms with Crippen LogP contribution in [-0.4, -0.2) is 42.9 Å². The Balaban J connectivity index is 1.53. The molecule has 2 aromatic rings. The van der Waals surface area contributed by atoms with Gasteiger partial charge < -0.3 is 15.1 Å². The van der Waals surface area contributed by atoms with Gasteiger partial charge in [0.25, 0.3) is 11.8 Å². The van der Waals surface area contributed by atoms with Crippen LogP contribution in [-0.2, 0) is 6.42 Å². The van der Waals surface area contributed by atoms with E-state index in [9.17, 15) is 9.59 Å². The molecule has 2 fully saturated rings. The summed E-state index contributed by atoms with van der Waals surface area (Å²) in [6.07, 6.45) is 8.99. The first-order chi connectivity index (χ1) is 15.7. The Morgan fingerprint density at radius 1 is 0.875 bits per heavy atom. The summed E-state index contributed by atoms with van der Waals surface area (Å²) in [5.41, 5.74) is 4.27. The molecule has 0 aliphatic carbocycles. The van der Waals surface area contributed by atoms with E-state index >= 15 is 0 Å². The summed E-state index contributed by atoms with van der Waals surface area (Å²) in [5.74, 6) is -0.0553. The number of likely N-dealkylation sites (tertiary alicyclic amines) is 1. The average Bonchev–Trinajstić information content (AvgIpc) is 3.38. The van der Waals surface area contributed by atoms with Crippen molar-refractivity contribution in [2.24, 2.45) is 0 Å². The van der Waals surface area contributed by atoms with Crippen molar-refractivity contribution in [3.8, 4) is 0 Å². The molecular formula is C27H35N3O2. The molecule has 0 spiro atoms. The molecule has 170 valence electrons. The molecule has 2 heterocycles. The number of hydrogen-bond donors (Lipinski definition) is 1. The van der Waals surface area contributed by atoms with Gasteiger partial charge in [-0.1, -0.05) is 25.5 Å². The highest BCUT2D eigenvalue weighted by molar-refractivity contribution is 6.06. The quantitative estimate of drug-likeness (QED) is 0.627. The van der Waals surface area contributed by atoms with Gasteiger partial charge in [0.1, 0.15) is 0 Å². The second kappa shape index (κ2) is 10.7. The molecule has 0 atom stereocenters. The topological polar surface area (TPSA) is 52.7 Å². The Labute approximate surface area is 191 Å². The van der Waals surface area contributed by atoms with Crippen molar-refractivity contribution >= 4 is 23.2 Å². The standard InChI is InChI=1S/C27H35N3O2/c1-2-3-9-21-10-12-22(13-11-21)26(31)28-23-14-15-25(29-16-7-8-17-29)24(20-23)27(32)30-18-5-4-6-19-30/h10-15,20H,2-9,16-19H2,1H3,(H,28,31). The van der Waals surface area contributed by atoms with Gasteiger partial charge in [0.15, 0.2) is 0 Å². The van der Waals surface area contributed by atoms with E-state index in [1.54, 1.807) is 0 Å². The number of piperidine rings is 1. The van der Waals surface area contributed by atoms with E-state index in [0.717, 1.165) is 76.8 Å². The van der Waals surface area contributed by atoms with Gasteiger partial charge >= 0.3 is 0 Å². The van der Waals surface area contributed by atoms with Crippen molar-refractivity contribution in [2.45, 2.75) is 58.3 Å². The largest absolute Gasteiger partial charge is 0.371 e. The zero-order chi connectivity index (χ0) is 22.3. The molecule has 0 bridgehead atoms. The van der Waals surface area contributed by atoms with Gasteiger partial charge in [-0.3, -0.25) is 9.59 Å². The van der Waals surface area contributed by atoms with Crippen LogP contribution in [0.25, 0.3) is 0 Å². The summed E-state index contributed by atoms with van der Waals surface area (Å²) < 4.78 is 0. The third-order valence-corrected chi connectivity index (χ3v) is 6.61. The molecular weight excluding hydrogens is 398 g/mol. The van der Waals surface area contributed by atoms with E-state index < -0.39 is 0 Å². The highest BCUT2D eigenvalue weighted by Crippen LogP contribution is 2.29. The summed E-state index contributed by atoms with van der Waals surface area (Å²) >= 11 is 0. The fourth-order valence-electron chi connectivity index (χ4n) is 4.69. The fourth-order valence-corrected chi connectivity index (χ4v) is 4.69. The van der Waals surface area contributed by atoms with E-state index in [1.807, 2.05) is 47.4 Å². The Bertz CT molecular complexity index is 926. The van der Waals surface area contributed by atoms with Crippen molar-refractivity contribution in [1.82, 2.24) is 4.90 Å². The van der Waals surface area contributed by atoms with E-state index in [-0.39, 0.29) is 11.8 Å². The van der Waals surface area contributed by atoms with Crippen LogP contribution in [0.15, 0.2) is 42.5 Å². The molecule has 5 heteroatoms. The maximum Gasteiger partial charge on any atom is 0.256 e. The average molecular weight is 434 g/mol. The monoisotopic (exact) mass is 433 g/mol. The summed E-state index contributed by atoms with van der Waals surface area (Å²) in [6, 6.07) is 13.6. The highest BCUT2D eigenvalue weighted by atomic mass is 16.2. The van der Waals surface area contributed by atoms with E-state index in [4.69, 9.17) is 0 Å². The molecule has 0 radical (unpaired) electrons. The highest BCUT2D eigenvalue weighted by Gasteiger charge is 2.25.